The Morgan fingerprint density at radius 3 is 1.93 bits per heavy atom. The number of aromatic nitrogens is 1. The quantitative estimate of drug-likeness (QED) is 0.590. The highest BCUT2D eigenvalue weighted by Gasteiger charge is 1.95. The Labute approximate surface area is 86.4 Å². The second kappa shape index (κ2) is 4.32. The van der Waals surface area contributed by atoms with Gasteiger partial charge in [0.05, 0.1) is 0 Å². The lowest BCUT2D eigenvalue weighted by Crippen LogP contribution is -1.93. The molecule has 0 N–H and O–H groups in total. The summed E-state index contributed by atoms with van der Waals surface area (Å²) in [6.45, 7) is 8.75. The van der Waals surface area contributed by atoms with Gasteiger partial charge >= 0.3 is 0 Å². The number of rotatable bonds is 0. The molecule has 1 heteroatoms. The molecule has 0 atom stereocenters. The van der Waals surface area contributed by atoms with Crippen molar-refractivity contribution in [3.05, 3.63) is 42.7 Å². The summed E-state index contributed by atoms with van der Waals surface area (Å²) in [5.74, 6) is 0. The van der Waals surface area contributed by atoms with Crippen LogP contribution in [-0.2, 0) is 0 Å². The minimum absolute atomic E-state index is 0.500. The highest BCUT2D eigenvalue weighted by molar-refractivity contribution is 5.46. The average Bonchev–Trinajstić information content (AvgIpc) is 2.47. The normalized spacial score (nSPS) is 10.9. The molecule has 1 nitrogen and oxygen atoms in total. The third kappa shape index (κ3) is 4.13. The molecule has 0 unspecified atom stereocenters. The van der Waals surface area contributed by atoms with E-state index in [1.807, 2.05) is 30.6 Å². The van der Waals surface area contributed by atoms with Gasteiger partial charge in [0.25, 0.3) is 0 Å². The first-order chi connectivity index (χ1) is 6.47. The lowest BCUT2D eigenvalue weighted by atomic mass is 10.0. The lowest BCUT2D eigenvalue weighted by molar-refractivity contribution is 0.469. The SMILES string of the molecule is CC(C)(C)C.c1ccn2cccc2c1. The van der Waals surface area contributed by atoms with E-state index in [-0.39, 0.29) is 0 Å². The second-order valence-corrected chi connectivity index (χ2v) is 5.04. The predicted octanol–water partition coefficient (Wildman–Crippen LogP) is 3.99. The average molecular weight is 189 g/mol. The Bertz CT molecular complexity index is 343. The van der Waals surface area contributed by atoms with Gasteiger partial charge in [-0.05, 0) is 29.7 Å². The van der Waals surface area contributed by atoms with Crippen LogP contribution < -0.4 is 0 Å². The number of nitrogens with zero attached hydrogens (tertiary/aromatic N) is 1. The maximum absolute atomic E-state index is 2.19. The molecule has 14 heavy (non-hydrogen) atoms. The van der Waals surface area contributed by atoms with E-state index in [4.69, 9.17) is 0 Å². The standard InChI is InChI=1S/C8H7N.C5H12/c1-2-6-9-7-3-5-8(9)4-1;1-5(2,3)4/h1-7H;1-4H3. The Morgan fingerprint density at radius 1 is 0.857 bits per heavy atom. The Morgan fingerprint density at radius 2 is 1.36 bits per heavy atom. The molecule has 0 aliphatic rings. The number of hydrogen-bond acceptors (Lipinski definition) is 0. The Balaban J connectivity index is 0.000000171. The smallest absolute Gasteiger partial charge is 0.0449 e. The topological polar surface area (TPSA) is 4.41 Å². The third-order valence-corrected chi connectivity index (χ3v) is 1.44. The molecule has 0 saturated heterocycles. The van der Waals surface area contributed by atoms with Crippen LogP contribution >= 0.6 is 0 Å². The van der Waals surface area contributed by atoms with Crippen molar-refractivity contribution >= 4 is 5.52 Å². The fraction of sp³-hybridized carbons (Fsp3) is 0.385. The van der Waals surface area contributed by atoms with E-state index in [9.17, 15) is 0 Å². The van der Waals surface area contributed by atoms with Crippen molar-refractivity contribution in [2.75, 3.05) is 0 Å². The van der Waals surface area contributed by atoms with Gasteiger partial charge in [-0.1, -0.05) is 33.8 Å². The van der Waals surface area contributed by atoms with Crippen LogP contribution in [-0.4, -0.2) is 4.40 Å². The molecule has 0 aliphatic heterocycles. The monoisotopic (exact) mass is 189 g/mol. The molecule has 0 saturated carbocycles. The molecule has 2 aromatic heterocycles. The van der Waals surface area contributed by atoms with E-state index >= 15 is 0 Å². The van der Waals surface area contributed by atoms with Crippen molar-refractivity contribution in [1.82, 2.24) is 4.40 Å². The molecular formula is C13H19N. The van der Waals surface area contributed by atoms with Crippen LogP contribution in [0.4, 0.5) is 0 Å². The summed E-state index contributed by atoms with van der Waals surface area (Å²) < 4.78 is 2.08. The molecule has 0 aromatic carbocycles. The minimum atomic E-state index is 0.500. The van der Waals surface area contributed by atoms with Gasteiger partial charge in [-0.15, -0.1) is 0 Å². The highest BCUT2D eigenvalue weighted by Crippen LogP contribution is 2.08. The maximum Gasteiger partial charge on any atom is 0.0449 e. The van der Waals surface area contributed by atoms with Crippen molar-refractivity contribution in [3.8, 4) is 0 Å². The fourth-order valence-electron chi connectivity index (χ4n) is 0.980. The van der Waals surface area contributed by atoms with Gasteiger partial charge in [0, 0.05) is 17.9 Å². The van der Waals surface area contributed by atoms with Crippen molar-refractivity contribution in [3.63, 3.8) is 0 Å². The molecule has 2 aromatic rings. The Hall–Kier alpha value is -1.24. The molecule has 0 aliphatic carbocycles. The van der Waals surface area contributed by atoms with Gasteiger partial charge in [-0.3, -0.25) is 0 Å². The van der Waals surface area contributed by atoms with Crippen LogP contribution in [0.5, 0.6) is 0 Å². The summed E-state index contributed by atoms with van der Waals surface area (Å²) in [5.41, 5.74) is 1.75. The molecule has 2 rings (SSSR count). The predicted molar refractivity (Wildman–Crippen MR) is 62.5 cm³/mol. The van der Waals surface area contributed by atoms with E-state index in [0.29, 0.717) is 5.41 Å². The zero-order valence-corrected chi connectivity index (χ0v) is 9.49. The van der Waals surface area contributed by atoms with Crippen molar-refractivity contribution in [1.29, 1.82) is 0 Å². The molecule has 76 valence electrons. The molecule has 0 spiro atoms. The van der Waals surface area contributed by atoms with Crippen LogP contribution in [0, 0.1) is 5.41 Å². The van der Waals surface area contributed by atoms with E-state index in [1.165, 1.54) is 5.52 Å². The van der Waals surface area contributed by atoms with Crippen LogP contribution in [0.1, 0.15) is 27.7 Å². The van der Waals surface area contributed by atoms with Crippen LogP contribution in [0.3, 0.4) is 0 Å². The van der Waals surface area contributed by atoms with Crippen LogP contribution in [0.25, 0.3) is 5.52 Å². The first-order valence-electron chi connectivity index (χ1n) is 4.98. The van der Waals surface area contributed by atoms with Gasteiger partial charge < -0.3 is 4.40 Å². The van der Waals surface area contributed by atoms with Gasteiger partial charge in [0.2, 0.25) is 0 Å². The van der Waals surface area contributed by atoms with Gasteiger partial charge in [0.15, 0.2) is 0 Å². The van der Waals surface area contributed by atoms with Gasteiger partial charge in [-0.2, -0.15) is 0 Å². The highest BCUT2D eigenvalue weighted by atomic mass is 14.8. The van der Waals surface area contributed by atoms with Crippen molar-refractivity contribution in [2.45, 2.75) is 27.7 Å². The number of fused-ring (bicyclic) bond motifs is 1. The summed E-state index contributed by atoms with van der Waals surface area (Å²) in [6, 6.07) is 10.3. The molecule has 0 fully saturated rings. The van der Waals surface area contributed by atoms with Gasteiger partial charge in [-0.25, -0.2) is 0 Å². The fourth-order valence-corrected chi connectivity index (χ4v) is 0.980. The maximum atomic E-state index is 2.19. The minimum Gasteiger partial charge on any atom is -0.324 e. The Kier molecular flexibility index (Phi) is 3.34. The van der Waals surface area contributed by atoms with E-state index in [1.54, 1.807) is 0 Å². The largest absolute Gasteiger partial charge is 0.324 e. The van der Waals surface area contributed by atoms with Crippen molar-refractivity contribution < 1.29 is 0 Å². The molecular weight excluding hydrogens is 170 g/mol. The van der Waals surface area contributed by atoms with E-state index < -0.39 is 0 Å². The zero-order valence-electron chi connectivity index (χ0n) is 9.49. The van der Waals surface area contributed by atoms with E-state index in [0.717, 1.165) is 0 Å². The summed E-state index contributed by atoms with van der Waals surface area (Å²) in [7, 11) is 0. The molecule has 0 amide bonds. The number of pyridine rings is 1. The first kappa shape index (κ1) is 10.8. The second-order valence-electron chi connectivity index (χ2n) is 5.04. The number of hydrogen-bond donors (Lipinski definition) is 0. The summed E-state index contributed by atoms with van der Waals surface area (Å²) in [6.07, 6.45) is 4.07. The van der Waals surface area contributed by atoms with Crippen LogP contribution in [0.2, 0.25) is 0 Å². The molecule has 0 radical (unpaired) electrons. The molecule has 0 bridgehead atoms. The van der Waals surface area contributed by atoms with Gasteiger partial charge in [0.1, 0.15) is 0 Å². The summed E-state index contributed by atoms with van der Waals surface area (Å²) in [4.78, 5) is 0. The molecule has 2 heterocycles. The third-order valence-electron chi connectivity index (χ3n) is 1.44. The summed E-state index contributed by atoms with van der Waals surface area (Å²) in [5, 5.41) is 0. The summed E-state index contributed by atoms with van der Waals surface area (Å²) >= 11 is 0. The van der Waals surface area contributed by atoms with E-state index in [2.05, 4.69) is 44.2 Å². The lowest BCUT2D eigenvalue weighted by Gasteiger charge is -2.05. The first-order valence-corrected chi connectivity index (χ1v) is 4.98. The zero-order chi connectivity index (χ0) is 10.6. The van der Waals surface area contributed by atoms with Crippen molar-refractivity contribution in [2.24, 2.45) is 5.41 Å². The van der Waals surface area contributed by atoms with Crippen LogP contribution in [0.15, 0.2) is 42.7 Å².